The number of likely N-dealkylation sites (tertiary alicyclic amines) is 1. The van der Waals surface area contributed by atoms with E-state index < -0.39 is 0 Å². The Hall–Kier alpha value is -0.770. The molecule has 2 atom stereocenters. The molecule has 1 aromatic carbocycles. The summed E-state index contributed by atoms with van der Waals surface area (Å²) in [6, 6.07) is 6.25. The monoisotopic (exact) mass is 282 g/mol. The average Bonchev–Trinajstić information content (AvgIpc) is 2.42. The second-order valence-corrected chi connectivity index (χ2v) is 5.82. The number of nitrogens with two attached hydrogens (primary N) is 1. The molecule has 2 unspecified atom stereocenters. The van der Waals surface area contributed by atoms with Crippen molar-refractivity contribution < 1.29 is 4.74 Å². The zero-order valence-corrected chi connectivity index (χ0v) is 12.5. The highest BCUT2D eigenvalue weighted by Crippen LogP contribution is 2.30. The molecule has 2 N–H and O–H groups in total. The molecule has 0 radical (unpaired) electrons. The summed E-state index contributed by atoms with van der Waals surface area (Å²) in [5, 5.41) is 0.772. The lowest BCUT2D eigenvalue weighted by Crippen LogP contribution is -2.45. The number of hydrogen-bond acceptors (Lipinski definition) is 3. The van der Waals surface area contributed by atoms with Crippen LogP contribution in [0.5, 0.6) is 5.75 Å². The van der Waals surface area contributed by atoms with Gasteiger partial charge in [0.05, 0.1) is 7.11 Å². The van der Waals surface area contributed by atoms with Gasteiger partial charge in [-0.15, -0.1) is 0 Å². The Labute approximate surface area is 120 Å². The molecule has 0 aliphatic carbocycles. The predicted molar refractivity (Wildman–Crippen MR) is 79.7 cm³/mol. The standard InChI is InChI=1S/C15H23ClN2O/c1-11-6-7-18(12(8-11)9-17)10-13-14(16)4-3-5-15(13)19-2/h3-5,11-12H,6-10,17H2,1-2H3. The molecule has 0 aromatic heterocycles. The number of ether oxygens (including phenoxy) is 1. The minimum atomic E-state index is 0.449. The number of benzene rings is 1. The first-order valence-corrected chi connectivity index (χ1v) is 7.29. The molecule has 106 valence electrons. The van der Waals surface area contributed by atoms with Gasteiger partial charge < -0.3 is 10.5 Å². The second-order valence-electron chi connectivity index (χ2n) is 5.41. The number of methoxy groups -OCH3 is 1. The molecule has 0 amide bonds. The third kappa shape index (κ3) is 3.41. The van der Waals surface area contributed by atoms with E-state index in [9.17, 15) is 0 Å². The van der Waals surface area contributed by atoms with Gasteiger partial charge in [0.1, 0.15) is 5.75 Å². The number of piperidine rings is 1. The molecule has 19 heavy (non-hydrogen) atoms. The molecule has 4 heteroatoms. The van der Waals surface area contributed by atoms with E-state index in [-0.39, 0.29) is 0 Å². The van der Waals surface area contributed by atoms with Crippen molar-refractivity contribution >= 4 is 11.6 Å². The molecule has 3 nitrogen and oxygen atoms in total. The van der Waals surface area contributed by atoms with Crippen molar-refractivity contribution in [1.29, 1.82) is 0 Å². The maximum absolute atomic E-state index is 6.31. The summed E-state index contributed by atoms with van der Waals surface area (Å²) in [6.45, 7) is 4.90. The number of hydrogen-bond donors (Lipinski definition) is 1. The summed E-state index contributed by atoms with van der Waals surface area (Å²) in [4.78, 5) is 2.43. The number of nitrogens with zero attached hydrogens (tertiary/aromatic N) is 1. The van der Waals surface area contributed by atoms with Gasteiger partial charge in [-0.3, -0.25) is 4.90 Å². The highest BCUT2D eigenvalue weighted by Gasteiger charge is 2.26. The minimum absolute atomic E-state index is 0.449. The van der Waals surface area contributed by atoms with Crippen LogP contribution in [0.25, 0.3) is 0 Å². The van der Waals surface area contributed by atoms with Gasteiger partial charge in [0, 0.05) is 29.7 Å². The van der Waals surface area contributed by atoms with E-state index in [1.807, 2.05) is 18.2 Å². The quantitative estimate of drug-likeness (QED) is 0.923. The van der Waals surface area contributed by atoms with E-state index in [0.29, 0.717) is 12.6 Å². The van der Waals surface area contributed by atoms with Crippen molar-refractivity contribution in [2.24, 2.45) is 11.7 Å². The predicted octanol–water partition coefficient (Wildman–Crippen LogP) is 2.91. The van der Waals surface area contributed by atoms with Crippen LogP contribution in [-0.4, -0.2) is 31.1 Å². The molecule has 1 aliphatic heterocycles. The Morgan fingerprint density at radius 1 is 1.47 bits per heavy atom. The van der Waals surface area contributed by atoms with Crippen molar-refractivity contribution in [2.45, 2.75) is 32.4 Å². The van der Waals surface area contributed by atoms with E-state index in [2.05, 4.69) is 11.8 Å². The number of halogens is 1. The summed E-state index contributed by atoms with van der Waals surface area (Å²) in [5.74, 6) is 1.62. The van der Waals surface area contributed by atoms with Crippen LogP contribution in [0.2, 0.25) is 5.02 Å². The summed E-state index contributed by atoms with van der Waals surface area (Å²) in [7, 11) is 1.69. The fraction of sp³-hybridized carbons (Fsp3) is 0.600. The van der Waals surface area contributed by atoms with Crippen LogP contribution in [-0.2, 0) is 6.54 Å². The molecule has 0 saturated carbocycles. The maximum atomic E-state index is 6.31. The molecule has 1 fully saturated rings. The third-order valence-electron chi connectivity index (χ3n) is 4.03. The van der Waals surface area contributed by atoms with Crippen LogP contribution < -0.4 is 10.5 Å². The second kappa shape index (κ2) is 6.60. The Morgan fingerprint density at radius 2 is 2.26 bits per heavy atom. The van der Waals surface area contributed by atoms with E-state index in [1.54, 1.807) is 7.11 Å². The molecule has 0 spiro atoms. The molecular weight excluding hydrogens is 260 g/mol. The molecule has 0 bridgehead atoms. The molecular formula is C15H23ClN2O. The topological polar surface area (TPSA) is 38.5 Å². The van der Waals surface area contributed by atoms with Crippen LogP contribution >= 0.6 is 11.6 Å². The van der Waals surface area contributed by atoms with Crippen molar-refractivity contribution in [3.63, 3.8) is 0 Å². The van der Waals surface area contributed by atoms with E-state index in [4.69, 9.17) is 22.1 Å². The largest absolute Gasteiger partial charge is 0.496 e. The molecule has 1 heterocycles. The Kier molecular flexibility index (Phi) is 5.08. The SMILES string of the molecule is COc1cccc(Cl)c1CN1CCC(C)CC1CN. The van der Waals surface area contributed by atoms with Gasteiger partial charge in [-0.2, -0.15) is 0 Å². The Balaban J connectivity index is 2.16. The van der Waals surface area contributed by atoms with E-state index in [0.717, 1.165) is 35.3 Å². The van der Waals surface area contributed by atoms with Crippen molar-refractivity contribution in [1.82, 2.24) is 4.90 Å². The maximum Gasteiger partial charge on any atom is 0.124 e. The smallest absolute Gasteiger partial charge is 0.124 e. The van der Waals surface area contributed by atoms with Gasteiger partial charge in [-0.1, -0.05) is 24.6 Å². The Morgan fingerprint density at radius 3 is 2.95 bits per heavy atom. The highest BCUT2D eigenvalue weighted by atomic mass is 35.5. The minimum Gasteiger partial charge on any atom is -0.496 e. The molecule has 1 aromatic rings. The summed E-state index contributed by atoms with van der Waals surface area (Å²) >= 11 is 6.31. The normalized spacial score (nSPS) is 24.4. The fourth-order valence-corrected chi connectivity index (χ4v) is 3.07. The zero-order chi connectivity index (χ0) is 13.8. The van der Waals surface area contributed by atoms with Crippen LogP contribution in [0.1, 0.15) is 25.3 Å². The fourth-order valence-electron chi connectivity index (χ4n) is 2.84. The lowest BCUT2D eigenvalue weighted by atomic mass is 9.92. The lowest BCUT2D eigenvalue weighted by molar-refractivity contribution is 0.114. The number of rotatable bonds is 4. The lowest BCUT2D eigenvalue weighted by Gasteiger charge is -2.38. The highest BCUT2D eigenvalue weighted by molar-refractivity contribution is 6.31. The molecule has 1 aliphatic rings. The average molecular weight is 283 g/mol. The van der Waals surface area contributed by atoms with Crippen molar-refractivity contribution in [2.75, 3.05) is 20.2 Å². The van der Waals surface area contributed by atoms with Crippen molar-refractivity contribution in [3.05, 3.63) is 28.8 Å². The van der Waals surface area contributed by atoms with Gasteiger partial charge in [0.25, 0.3) is 0 Å². The molecule has 1 saturated heterocycles. The van der Waals surface area contributed by atoms with Gasteiger partial charge in [0.2, 0.25) is 0 Å². The van der Waals surface area contributed by atoms with Crippen LogP contribution in [0.3, 0.4) is 0 Å². The van der Waals surface area contributed by atoms with E-state index >= 15 is 0 Å². The summed E-state index contributed by atoms with van der Waals surface area (Å²) in [6.07, 6.45) is 2.40. The first-order chi connectivity index (χ1) is 9.15. The van der Waals surface area contributed by atoms with Gasteiger partial charge in [0.15, 0.2) is 0 Å². The first-order valence-electron chi connectivity index (χ1n) is 6.91. The van der Waals surface area contributed by atoms with Crippen LogP contribution in [0, 0.1) is 5.92 Å². The summed E-state index contributed by atoms with van der Waals surface area (Å²) in [5.41, 5.74) is 6.98. The Bertz CT molecular complexity index is 425. The van der Waals surface area contributed by atoms with Gasteiger partial charge in [-0.05, 0) is 37.4 Å². The first kappa shape index (κ1) is 14.6. The van der Waals surface area contributed by atoms with Gasteiger partial charge >= 0.3 is 0 Å². The molecule has 2 rings (SSSR count). The van der Waals surface area contributed by atoms with Crippen molar-refractivity contribution in [3.8, 4) is 5.75 Å². The third-order valence-corrected chi connectivity index (χ3v) is 4.38. The van der Waals surface area contributed by atoms with Gasteiger partial charge in [-0.25, -0.2) is 0 Å². The van der Waals surface area contributed by atoms with Crippen LogP contribution in [0.4, 0.5) is 0 Å². The summed E-state index contributed by atoms with van der Waals surface area (Å²) < 4.78 is 5.42. The van der Waals surface area contributed by atoms with E-state index in [1.165, 1.54) is 12.8 Å². The van der Waals surface area contributed by atoms with Crippen LogP contribution in [0.15, 0.2) is 18.2 Å². The zero-order valence-electron chi connectivity index (χ0n) is 11.7.